The molecule has 0 spiro atoms. The van der Waals surface area contributed by atoms with E-state index in [9.17, 15) is 4.79 Å². The van der Waals surface area contributed by atoms with Crippen molar-refractivity contribution in [3.63, 3.8) is 0 Å². The van der Waals surface area contributed by atoms with E-state index in [1.165, 1.54) is 25.7 Å². The van der Waals surface area contributed by atoms with Crippen LogP contribution < -0.4 is 4.74 Å². The van der Waals surface area contributed by atoms with Crippen molar-refractivity contribution < 1.29 is 9.53 Å². The number of benzene rings is 1. The van der Waals surface area contributed by atoms with Crippen molar-refractivity contribution in [1.82, 2.24) is 0 Å². The maximum atomic E-state index is 12.4. The van der Waals surface area contributed by atoms with Gasteiger partial charge in [0.15, 0.2) is 5.78 Å². The van der Waals surface area contributed by atoms with Crippen LogP contribution in [0.1, 0.15) is 62.2 Å². The summed E-state index contributed by atoms with van der Waals surface area (Å²) in [4.78, 5) is 12.4. The highest BCUT2D eigenvalue weighted by Gasteiger charge is 2.21. The first-order chi connectivity index (χ1) is 9.31. The van der Waals surface area contributed by atoms with Gasteiger partial charge in [0.2, 0.25) is 0 Å². The second-order valence-electron chi connectivity index (χ2n) is 5.43. The molecule has 1 aliphatic carbocycles. The first kappa shape index (κ1) is 14.1. The molecule has 0 amide bonds. The largest absolute Gasteiger partial charge is 0.494 e. The minimum Gasteiger partial charge on any atom is -0.494 e. The first-order valence-electron chi connectivity index (χ1n) is 7.58. The molecule has 104 valence electrons. The van der Waals surface area contributed by atoms with Gasteiger partial charge in [-0.2, -0.15) is 0 Å². The number of hydrogen-bond acceptors (Lipinski definition) is 2. The minimum absolute atomic E-state index is 0.241. The Hall–Kier alpha value is -1.31. The molecular weight excluding hydrogens is 236 g/mol. The van der Waals surface area contributed by atoms with Gasteiger partial charge in [-0.05, 0) is 43.5 Å². The topological polar surface area (TPSA) is 26.3 Å². The maximum absolute atomic E-state index is 12.4. The van der Waals surface area contributed by atoms with Gasteiger partial charge >= 0.3 is 0 Å². The van der Waals surface area contributed by atoms with E-state index in [2.05, 4.69) is 6.92 Å². The molecule has 0 N–H and O–H groups in total. The normalized spacial score (nSPS) is 16.9. The molecule has 1 saturated carbocycles. The summed E-state index contributed by atoms with van der Waals surface area (Å²) in [7, 11) is 0. The second kappa shape index (κ2) is 7.32. The number of Topliss-reactive ketones (excluding diaryl/α,β-unsaturated/α-hetero) is 1. The fraction of sp³-hybridized carbons (Fsp3) is 0.588. The third kappa shape index (κ3) is 4.09. The average Bonchev–Trinajstić information content (AvgIpc) is 2.74. The summed E-state index contributed by atoms with van der Waals surface area (Å²) >= 11 is 0. The fourth-order valence-corrected chi connectivity index (χ4v) is 2.71. The van der Waals surface area contributed by atoms with Crippen LogP contribution in [0.2, 0.25) is 0 Å². The van der Waals surface area contributed by atoms with E-state index >= 15 is 0 Å². The van der Waals surface area contributed by atoms with Gasteiger partial charge in [-0.1, -0.05) is 32.6 Å². The molecule has 19 heavy (non-hydrogen) atoms. The van der Waals surface area contributed by atoms with Crippen LogP contribution in [0.25, 0.3) is 0 Å². The Labute approximate surface area is 116 Å². The molecule has 1 aromatic rings. The van der Waals surface area contributed by atoms with Crippen LogP contribution in [0.4, 0.5) is 0 Å². The summed E-state index contributed by atoms with van der Waals surface area (Å²) in [5.41, 5.74) is 0.843. The molecule has 0 aromatic heterocycles. The highest BCUT2D eigenvalue weighted by atomic mass is 16.5. The number of hydrogen-bond donors (Lipinski definition) is 0. The van der Waals surface area contributed by atoms with E-state index in [0.717, 1.165) is 37.2 Å². The summed E-state index contributed by atoms with van der Waals surface area (Å²) in [6.45, 7) is 2.82. The number of rotatable bonds is 5. The molecule has 0 saturated heterocycles. The van der Waals surface area contributed by atoms with Gasteiger partial charge in [-0.3, -0.25) is 4.79 Å². The average molecular weight is 260 g/mol. The van der Waals surface area contributed by atoms with Crippen molar-refractivity contribution in [1.29, 1.82) is 0 Å². The zero-order valence-electron chi connectivity index (χ0n) is 11.9. The highest BCUT2D eigenvalue weighted by molar-refractivity contribution is 5.97. The predicted octanol–water partition coefficient (Wildman–Crippen LogP) is 4.63. The second-order valence-corrected chi connectivity index (χ2v) is 5.43. The van der Waals surface area contributed by atoms with Crippen molar-refractivity contribution in [2.24, 2.45) is 5.92 Å². The van der Waals surface area contributed by atoms with Crippen LogP contribution in [-0.4, -0.2) is 12.4 Å². The summed E-state index contributed by atoms with van der Waals surface area (Å²) in [5.74, 6) is 1.42. The highest BCUT2D eigenvalue weighted by Crippen LogP contribution is 2.26. The third-order valence-corrected chi connectivity index (χ3v) is 3.84. The fourth-order valence-electron chi connectivity index (χ4n) is 2.71. The van der Waals surface area contributed by atoms with Crippen LogP contribution in [0.3, 0.4) is 0 Å². The smallest absolute Gasteiger partial charge is 0.165 e. The summed E-state index contributed by atoms with van der Waals surface area (Å²) in [6, 6.07) is 7.66. The number of carbonyl (C=O) groups excluding carboxylic acids is 1. The van der Waals surface area contributed by atoms with Gasteiger partial charge in [-0.25, -0.2) is 0 Å². The summed E-state index contributed by atoms with van der Waals surface area (Å²) in [5, 5.41) is 0. The van der Waals surface area contributed by atoms with Gasteiger partial charge in [0.1, 0.15) is 5.75 Å². The summed E-state index contributed by atoms with van der Waals surface area (Å²) < 4.78 is 5.54. The lowest BCUT2D eigenvalue weighted by Gasteiger charge is -2.13. The molecule has 0 radical (unpaired) electrons. The van der Waals surface area contributed by atoms with Gasteiger partial charge in [-0.15, -0.1) is 0 Å². The Kier molecular flexibility index (Phi) is 5.44. The Morgan fingerprint density at radius 1 is 1.11 bits per heavy atom. The van der Waals surface area contributed by atoms with Crippen LogP contribution >= 0.6 is 0 Å². The van der Waals surface area contributed by atoms with Gasteiger partial charge in [0.25, 0.3) is 0 Å². The van der Waals surface area contributed by atoms with E-state index < -0.39 is 0 Å². The zero-order valence-corrected chi connectivity index (χ0v) is 11.9. The zero-order chi connectivity index (χ0) is 13.5. The Bertz CT molecular complexity index is 386. The van der Waals surface area contributed by atoms with Gasteiger partial charge in [0, 0.05) is 11.5 Å². The molecule has 2 heteroatoms. The molecular formula is C17H24O2. The number of ether oxygens (including phenoxy) is 1. The monoisotopic (exact) mass is 260 g/mol. The lowest BCUT2D eigenvalue weighted by molar-refractivity contribution is 0.0908. The SMILES string of the molecule is CCCOc1ccc(C(=O)C2CCCCCC2)cc1. The van der Waals surface area contributed by atoms with Crippen molar-refractivity contribution in [3.05, 3.63) is 29.8 Å². The van der Waals surface area contributed by atoms with Crippen LogP contribution in [0, 0.1) is 5.92 Å². The van der Waals surface area contributed by atoms with E-state index in [0.29, 0.717) is 5.78 Å². The Morgan fingerprint density at radius 2 is 1.74 bits per heavy atom. The Morgan fingerprint density at radius 3 is 2.32 bits per heavy atom. The van der Waals surface area contributed by atoms with E-state index in [1.807, 2.05) is 24.3 Å². The number of carbonyl (C=O) groups is 1. The van der Waals surface area contributed by atoms with Gasteiger partial charge < -0.3 is 4.74 Å². The molecule has 2 nitrogen and oxygen atoms in total. The van der Waals surface area contributed by atoms with E-state index in [-0.39, 0.29) is 5.92 Å². The molecule has 0 bridgehead atoms. The standard InChI is InChI=1S/C17H24O2/c1-2-13-19-16-11-9-15(10-12-16)17(18)14-7-5-3-4-6-8-14/h9-12,14H,2-8,13H2,1H3. The van der Waals surface area contributed by atoms with E-state index in [4.69, 9.17) is 4.74 Å². The summed E-state index contributed by atoms with van der Waals surface area (Å²) in [6.07, 6.45) is 8.10. The molecule has 1 aromatic carbocycles. The molecule has 0 aliphatic heterocycles. The van der Waals surface area contributed by atoms with Crippen LogP contribution in [0.15, 0.2) is 24.3 Å². The van der Waals surface area contributed by atoms with E-state index in [1.54, 1.807) is 0 Å². The van der Waals surface area contributed by atoms with Crippen LogP contribution in [0.5, 0.6) is 5.75 Å². The number of ketones is 1. The quantitative estimate of drug-likeness (QED) is 0.570. The van der Waals surface area contributed by atoms with Gasteiger partial charge in [0.05, 0.1) is 6.61 Å². The predicted molar refractivity (Wildman–Crippen MR) is 77.8 cm³/mol. The lowest BCUT2D eigenvalue weighted by Crippen LogP contribution is -2.14. The molecule has 2 rings (SSSR count). The molecule has 0 atom stereocenters. The molecule has 0 heterocycles. The minimum atomic E-state index is 0.241. The van der Waals surface area contributed by atoms with Crippen molar-refractivity contribution in [2.75, 3.05) is 6.61 Å². The first-order valence-corrected chi connectivity index (χ1v) is 7.58. The van der Waals surface area contributed by atoms with Crippen molar-refractivity contribution in [3.8, 4) is 5.75 Å². The maximum Gasteiger partial charge on any atom is 0.165 e. The molecule has 1 fully saturated rings. The van der Waals surface area contributed by atoms with Crippen LogP contribution in [-0.2, 0) is 0 Å². The molecule has 0 unspecified atom stereocenters. The lowest BCUT2D eigenvalue weighted by atomic mass is 9.91. The third-order valence-electron chi connectivity index (χ3n) is 3.84. The van der Waals surface area contributed by atoms with Crippen molar-refractivity contribution >= 4 is 5.78 Å². The molecule has 1 aliphatic rings. The Balaban J connectivity index is 1.98. The van der Waals surface area contributed by atoms with Crippen molar-refractivity contribution in [2.45, 2.75) is 51.9 Å².